The molecule has 0 saturated carbocycles. The fourth-order valence-corrected chi connectivity index (χ4v) is 2.71. The summed E-state index contributed by atoms with van der Waals surface area (Å²) in [5, 5.41) is 2.90. The second kappa shape index (κ2) is 7.75. The summed E-state index contributed by atoms with van der Waals surface area (Å²) in [4.78, 5) is 12.4. The number of rotatable bonds is 6. The molecule has 2 aromatic carbocycles. The Labute approximate surface area is 147 Å². The molecule has 25 heavy (non-hydrogen) atoms. The van der Waals surface area contributed by atoms with Gasteiger partial charge < -0.3 is 19.5 Å². The highest BCUT2D eigenvalue weighted by Gasteiger charge is 2.21. The lowest BCUT2D eigenvalue weighted by Gasteiger charge is -2.26. The number of ether oxygens (including phenoxy) is 3. The molecule has 1 aliphatic heterocycles. The summed E-state index contributed by atoms with van der Waals surface area (Å²) < 4.78 is 16.8. The Kier molecular flexibility index (Phi) is 5.23. The Bertz CT molecular complexity index is 772. The number of nitrogens with one attached hydrogen (secondary N) is 1. The van der Waals surface area contributed by atoms with Gasteiger partial charge in [-0.05, 0) is 42.3 Å². The third-order valence-corrected chi connectivity index (χ3v) is 3.96. The van der Waals surface area contributed by atoms with Crippen molar-refractivity contribution in [1.29, 1.82) is 0 Å². The van der Waals surface area contributed by atoms with Crippen LogP contribution in [-0.2, 0) is 6.42 Å². The SMILES string of the molecule is C=CCc1cc(C(=O)NCC2COc3ccccc3O2)ccc1OC. The number of hydrogen-bond acceptors (Lipinski definition) is 4. The maximum absolute atomic E-state index is 12.4. The highest BCUT2D eigenvalue weighted by molar-refractivity contribution is 5.94. The first-order valence-electron chi connectivity index (χ1n) is 8.15. The van der Waals surface area contributed by atoms with Crippen molar-refractivity contribution < 1.29 is 19.0 Å². The predicted octanol–water partition coefficient (Wildman–Crippen LogP) is 2.99. The number of benzene rings is 2. The van der Waals surface area contributed by atoms with Crippen molar-refractivity contribution in [3.63, 3.8) is 0 Å². The monoisotopic (exact) mass is 339 g/mol. The standard InChI is InChI=1S/C20H21NO4/c1-3-6-14-11-15(9-10-17(14)23-2)20(22)21-12-16-13-24-18-7-4-5-8-19(18)25-16/h3-5,7-11,16H,1,6,12-13H2,2H3,(H,21,22). The van der Waals surface area contributed by atoms with E-state index in [0.717, 1.165) is 17.1 Å². The first kappa shape index (κ1) is 16.9. The Morgan fingerprint density at radius 3 is 2.88 bits per heavy atom. The van der Waals surface area contributed by atoms with Crippen LogP contribution in [0.4, 0.5) is 0 Å². The highest BCUT2D eigenvalue weighted by atomic mass is 16.6. The number of hydrogen-bond donors (Lipinski definition) is 1. The highest BCUT2D eigenvalue weighted by Crippen LogP contribution is 2.30. The van der Waals surface area contributed by atoms with Gasteiger partial charge in [-0.15, -0.1) is 6.58 Å². The van der Waals surface area contributed by atoms with Gasteiger partial charge in [0.05, 0.1) is 13.7 Å². The molecule has 0 bridgehead atoms. The zero-order chi connectivity index (χ0) is 17.6. The molecule has 0 fully saturated rings. The third-order valence-electron chi connectivity index (χ3n) is 3.96. The molecule has 1 aliphatic rings. The molecule has 130 valence electrons. The van der Waals surface area contributed by atoms with E-state index in [-0.39, 0.29) is 12.0 Å². The van der Waals surface area contributed by atoms with Crippen molar-refractivity contribution in [1.82, 2.24) is 5.32 Å². The number of methoxy groups -OCH3 is 1. The van der Waals surface area contributed by atoms with Crippen LogP contribution in [0.15, 0.2) is 55.1 Å². The van der Waals surface area contributed by atoms with Gasteiger partial charge >= 0.3 is 0 Å². The van der Waals surface area contributed by atoms with Crippen molar-refractivity contribution in [2.45, 2.75) is 12.5 Å². The van der Waals surface area contributed by atoms with E-state index in [4.69, 9.17) is 14.2 Å². The molecule has 3 rings (SSSR count). The van der Waals surface area contributed by atoms with E-state index >= 15 is 0 Å². The maximum atomic E-state index is 12.4. The Morgan fingerprint density at radius 1 is 1.32 bits per heavy atom. The number of amides is 1. The molecular weight excluding hydrogens is 318 g/mol. The molecule has 1 heterocycles. The van der Waals surface area contributed by atoms with Crippen LogP contribution in [0.2, 0.25) is 0 Å². The van der Waals surface area contributed by atoms with Gasteiger partial charge in [-0.1, -0.05) is 18.2 Å². The second-order valence-corrected chi connectivity index (χ2v) is 5.73. The van der Waals surface area contributed by atoms with E-state index in [2.05, 4.69) is 11.9 Å². The van der Waals surface area contributed by atoms with Crippen LogP contribution < -0.4 is 19.5 Å². The minimum atomic E-state index is -0.218. The largest absolute Gasteiger partial charge is 0.496 e. The first-order chi connectivity index (χ1) is 12.2. The zero-order valence-electron chi connectivity index (χ0n) is 14.2. The van der Waals surface area contributed by atoms with Crippen molar-refractivity contribution in [3.8, 4) is 17.2 Å². The number of fused-ring (bicyclic) bond motifs is 1. The van der Waals surface area contributed by atoms with Crippen molar-refractivity contribution >= 4 is 5.91 Å². The van der Waals surface area contributed by atoms with E-state index in [9.17, 15) is 4.79 Å². The number of para-hydroxylation sites is 2. The summed E-state index contributed by atoms with van der Waals surface area (Å²) in [5.74, 6) is 2.02. The Balaban J connectivity index is 1.61. The molecule has 0 radical (unpaired) electrons. The molecule has 0 spiro atoms. The molecule has 2 aromatic rings. The van der Waals surface area contributed by atoms with E-state index < -0.39 is 0 Å². The summed E-state index contributed by atoms with van der Waals surface area (Å²) >= 11 is 0. The van der Waals surface area contributed by atoms with Crippen LogP contribution in [0.25, 0.3) is 0 Å². The van der Waals surface area contributed by atoms with Crippen LogP contribution in [-0.4, -0.2) is 32.3 Å². The van der Waals surface area contributed by atoms with Gasteiger partial charge in [0.15, 0.2) is 11.5 Å². The summed E-state index contributed by atoms with van der Waals surface area (Å²) in [6.07, 6.45) is 2.20. The van der Waals surface area contributed by atoms with Gasteiger partial charge in [0.25, 0.3) is 5.91 Å². The van der Waals surface area contributed by atoms with Gasteiger partial charge in [0.2, 0.25) is 0 Å². The van der Waals surface area contributed by atoms with E-state index in [1.54, 1.807) is 25.3 Å². The molecule has 0 aromatic heterocycles. The van der Waals surface area contributed by atoms with Crippen LogP contribution in [0.5, 0.6) is 17.2 Å². The van der Waals surface area contributed by atoms with Crippen LogP contribution in [0.1, 0.15) is 15.9 Å². The fourth-order valence-electron chi connectivity index (χ4n) is 2.71. The summed E-state index contributed by atoms with van der Waals surface area (Å²) in [7, 11) is 1.61. The average molecular weight is 339 g/mol. The Hall–Kier alpha value is -2.95. The lowest BCUT2D eigenvalue weighted by Crippen LogP contribution is -2.40. The molecule has 1 atom stereocenters. The molecule has 0 saturated heterocycles. The van der Waals surface area contributed by atoms with Crippen molar-refractivity contribution in [2.75, 3.05) is 20.3 Å². The first-order valence-corrected chi connectivity index (χ1v) is 8.15. The minimum absolute atomic E-state index is 0.157. The van der Waals surface area contributed by atoms with Crippen LogP contribution in [0.3, 0.4) is 0 Å². The van der Waals surface area contributed by atoms with E-state index in [1.165, 1.54) is 0 Å². The predicted molar refractivity (Wildman–Crippen MR) is 95.6 cm³/mol. The number of carbonyl (C=O) groups is 1. The summed E-state index contributed by atoms with van der Waals surface area (Å²) in [6, 6.07) is 12.9. The molecule has 5 heteroatoms. The zero-order valence-corrected chi connectivity index (χ0v) is 14.2. The van der Waals surface area contributed by atoms with Crippen LogP contribution in [0, 0.1) is 0 Å². The smallest absolute Gasteiger partial charge is 0.251 e. The van der Waals surface area contributed by atoms with Crippen molar-refractivity contribution in [3.05, 3.63) is 66.2 Å². The number of allylic oxidation sites excluding steroid dienone is 1. The molecular formula is C20H21NO4. The lowest BCUT2D eigenvalue weighted by molar-refractivity contribution is 0.0789. The molecule has 1 unspecified atom stereocenters. The lowest BCUT2D eigenvalue weighted by atomic mass is 10.1. The normalized spacial score (nSPS) is 15.3. The van der Waals surface area contributed by atoms with Crippen LogP contribution >= 0.6 is 0 Å². The Morgan fingerprint density at radius 2 is 2.12 bits per heavy atom. The summed E-state index contributed by atoms with van der Waals surface area (Å²) in [5.41, 5.74) is 1.51. The minimum Gasteiger partial charge on any atom is -0.496 e. The van der Waals surface area contributed by atoms with Gasteiger partial charge in [-0.25, -0.2) is 0 Å². The van der Waals surface area contributed by atoms with Gasteiger partial charge in [0.1, 0.15) is 18.5 Å². The van der Waals surface area contributed by atoms with E-state index in [0.29, 0.717) is 30.9 Å². The maximum Gasteiger partial charge on any atom is 0.251 e. The van der Waals surface area contributed by atoms with Crippen molar-refractivity contribution in [2.24, 2.45) is 0 Å². The topological polar surface area (TPSA) is 56.8 Å². The van der Waals surface area contributed by atoms with Gasteiger partial charge in [0, 0.05) is 5.56 Å². The number of carbonyl (C=O) groups excluding carboxylic acids is 1. The molecule has 5 nitrogen and oxygen atoms in total. The molecule has 1 amide bonds. The second-order valence-electron chi connectivity index (χ2n) is 5.73. The third kappa shape index (κ3) is 3.94. The fraction of sp³-hybridized carbons (Fsp3) is 0.250. The van der Waals surface area contributed by atoms with Gasteiger partial charge in [-0.3, -0.25) is 4.79 Å². The summed E-state index contributed by atoms with van der Waals surface area (Å²) in [6.45, 7) is 4.51. The molecule has 0 aliphatic carbocycles. The van der Waals surface area contributed by atoms with E-state index in [1.807, 2.05) is 30.3 Å². The van der Waals surface area contributed by atoms with Gasteiger partial charge in [-0.2, -0.15) is 0 Å². The average Bonchev–Trinajstić information content (AvgIpc) is 2.66. The molecule has 1 N–H and O–H groups in total. The quantitative estimate of drug-likeness (QED) is 0.822.